The minimum Gasteiger partial charge on any atom is -0.497 e. The van der Waals surface area contributed by atoms with Crippen molar-refractivity contribution in [3.8, 4) is 34.3 Å². The molecule has 0 spiro atoms. The first kappa shape index (κ1) is 22.9. The third-order valence-corrected chi connectivity index (χ3v) is 4.13. The van der Waals surface area contributed by atoms with E-state index in [0.29, 0.717) is 40.5 Å². The van der Waals surface area contributed by atoms with Gasteiger partial charge in [-0.3, -0.25) is 4.79 Å². The standard InChI is InChI=1S/C13H12O4.C8H11BO4/c1-15-9-3-5-12(16-2)11(7-9)13-6-4-10(8-14)17-13;1-12-6-3-4-8(13-2)7(5-6)9(10)11/h3-8H,1-2H3;3-5,10-11H,1-2H3. The maximum atomic E-state index is 10.6. The van der Waals surface area contributed by atoms with Gasteiger partial charge in [0.1, 0.15) is 28.8 Å². The SMILES string of the molecule is COc1ccc(OC)c(-c2ccc(C=O)o2)c1.COc1ccc(OC)c(B(O)O)c1. The number of aldehydes is 1. The quantitative estimate of drug-likeness (QED) is 0.448. The van der Waals surface area contributed by atoms with Gasteiger partial charge in [0.2, 0.25) is 0 Å². The van der Waals surface area contributed by atoms with Crippen molar-refractivity contribution < 1.29 is 38.2 Å². The summed E-state index contributed by atoms with van der Waals surface area (Å²) in [4.78, 5) is 10.6. The third-order valence-electron chi connectivity index (χ3n) is 4.13. The molecule has 0 amide bonds. The van der Waals surface area contributed by atoms with Crippen LogP contribution in [-0.4, -0.2) is 51.9 Å². The molecule has 0 atom stereocenters. The van der Waals surface area contributed by atoms with Crippen LogP contribution in [0.1, 0.15) is 10.6 Å². The number of methoxy groups -OCH3 is 4. The molecular weight excluding hydrogens is 391 g/mol. The van der Waals surface area contributed by atoms with Crippen molar-refractivity contribution in [2.75, 3.05) is 28.4 Å². The molecule has 0 saturated heterocycles. The highest BCUT2D eigenvalue weighted by Gasteiger charge is 2.17. The highest BCUT2D eigenvalue weighted by molar-refractivity contribution is 6.59. The van der Waals surface area contributed by atoms with E-state index in [1.54, 1.807) is 56.7 Å². The molecule has 3 rings (SSSR count). The van der Waals surface area contributed by atoms with Crippen LogP contribution in [0.2, 0.25) is 0 Å². The first-order valence-electron chi connectivity index (χ1n) is 8.82. The fourth-order valence-electron chi connectivity index (χ4n) is 2.61. The summed E-state index contributed by atoms with van der Waals surface area (Å²) < 4.78 is 25.6. The Morgan fingerprint density at radius 1 is 0.800 bits per heavy atom. The Bertz CT molecular complexity index is 967. The van der Waals surface area contributed by atoms with Gasteiger partial charge in [-0.15, -0.1) is 0 Å². The number of benzene rings is 2. The van der Waals surface area contributed by atoms with Crippen molar-refractivity contribution in [3.05, 3.63) is 54.3 Å². The van der Waals surface area contributed by atoms with E-state index in [0.717, 1.165) is 5.56 Å². The van der Waals surface area contributed by atoms with E-state index in [9.17, 15) is 4.79 Å². The molecule has 0 aliphatic carbocycles. The molecule has 0 aliphatic rings. The number of rotatable bonds is 7. The molecular formula is C21H23BO8. The van der Waals surface area contributed by atoms with Crippen LogP contribution < -0.4 is 24.4 Å². The third kappa shape index (κ3) is 5.56. The van der Waals surface area contributed by atoms with Crippen LogP contribution in [0.5, 0.6) is 23.0 Å². The number of hydrogen-bond donors (Lipinski definition) is 2. The predicted molar refractivity (Wildman–Crippen MR) is 112 cm³/mol. The van der Waals surface area contributed by atoms with E-state index in [-0.39, 0.29) is 5.76 Å². The van der Waals surface area contributed by atoms with Crippen LogP contribution in [0, 0.1) is 0 Å². The van der Waals surface area contributed by atoms with E-state index in [4.69, 9.17) is 33.4 Å². The van der Waals surface area contributed by atoms with Crippen LogP contribution in [0.15, 0.2) is 52.9 Å². The average molecular weight is 414 g/mol. The van der Waals surface area contributed by atoms with Gasteiger partial charge in [0.15, 0.2) is 12.0 Å². The highest BCUT2D eigenvalue weighted by atomic mass is 16.5. The number of furan rings is 1. The summed E-state index contributed by atoms with van der Waals surface area (Å²) in [6.45, 7) is 0. The second-order valence-corrected chi connectivity index (χ2v) is 5.87. The van der Waals surface area contributed by atoms with Crippen LogP contribution >= 0.6 is 0 Å². The molecule has 0 radical (unpaired) electrons. The molecule has 1 heterocycles. The molecule has 0 saturated carbocycles. The Balaban J connectivity index is 0.000000222. The molecule has 9 heteroatoms. The maximum Gasteiger partial charge on any atom is 0.492 e. The van der Waals surface area contributed by atoms with Crippen molar-refractivity contribution in [1.82, 2.24) is 0 Å². The van der Waals surface area contributed by atoms with E-state index in [1.165, 1.54) is 20.3 Å². The topological polar surface area (TPSA) is 108 Å². The zero-order valence-corrected chi connectivity index (χ0v) is 17.1. The lowest BCUT2D eigenvalue weighted by Gasteiger charge is -2.08. The number of ether oxygens (including phenoxy) is 4. The van der Waals surface area contributed by atoms with Crippen molar-refractivity contribution >= 4 is 18.9 Å². The molecule has 1 aromatic heterocycles. The molecule has 0 bridgehead atoms. The van der Waals surface area contributed by atoms with Gasteiger partial charge in [-0.1, -0.05) is 0 Å². The molecule has 8 nitrogen and oxygen atoms in total. The fourth-order valence-corrected chi connectivity index (χ4v) is 2.61. The first-order valence-corrected chi connectivity index (χ1v) is 8.82. The smallest absolute Gasteiger partial charge is 0.492 e. The van der Waals surface area contributed by atoms with Crippen molar-refractivity contribution in [3.63, 3.8) is 0 Å². The molecule has 2 N–H and O–H groups in total. The second kappa shape index (κ2) is 10.9. The van der Waals surface area contributed by atoms with E-state index in [1.807, 2.05) is 0 Å². The molecule has 0 unspecified atom stereocenters. The van der Waals surface area contributed by atoms with Gasteiger partial charge in [-0.25, -0.2) is 0 Å². The van der Waals surface area contributed by atoms with E-state index >= 15 is 0 Å². The summed E-state index contributed by atoms with van der Waals surface area (Å²) in [7, 11) is 4.59. The molecule has 0 aliphatic heterocycles. The maximum absolute atomic E-state index is 10.6. The lowest BCUT2D eigenvalue weighted by atomic mass is 9.79. The van der Waals surface area contributed by atoms with Crippen molar-refractivity contribution in [2.45, 2.75) is 0 Å². The van der Waals surface area contributed by atoms with Crippen molar-refractivity contribution in [1.29, 1.82) is 0 Å². The monoisotopic (exact) mass is 414 g/mol. The summed E-state index contributed by atoms with van der Waals surface area (Å²) in [6, 6.07) is 13.5. The van der Waals surface area contributed by atoms with Gasteiger partial charge in [0, 0.05) is 5.46 Å². The minimum absolute atomic E-state index is 0.282. The van der Waals surface area contributed by atoms with Gasteiger partial charge in [0.05, 0.1) is 34.0 Å². The Kier molecular flexibility index (Phi) is 8.34. The van der Waals surface area contributed by atoms with Gasteiger partial charge in [0.25, 0.3) is 0 Å². The predicted octanol–water partition coefficient (Wildman–Crippen LogP) is 2.16. The molecule has 2 aromatic carbocycles. The fraction of sp³-hybridized carbons (Fsp3) is 0.190. The van der Waals surface area contributed by atoms with Gasteiger partial charge >= 0.3 is 7.12 Å². The zero-order valence-electron chi connectivity index (χ0n) is 17.1. The normalized spacial score (nSPS) is 9.80. The van der Waals surface area contributed by atoms with Crippen LogP contribution in [0.4, 0.5) is 0 Å². The average Bonchev–Trinajstić information content (AvgIpc) is 3.27. The summed E-state index contributed by atoms with van der Waals surface area (Å²) in [5, 5.41) is 18.0. The first-order chi connectivity index (χ1) is 14.5. The molecule has 0 fully saturated rings. The summed E-state index contributed by atoms with van der Waals surface area (Å²) >= 11 is 0. The number of hydrogen-bond acceptors (Lipinski definition) is 8. The summed E-state index contributed by atoms with van der Waals surface area (Å²) in [6.07, 6.45) is 0.663. The van der Waals surface area contributed by atoms with E-state index < -0.39 is 7.12 Å². The van der Waals surface area contributed by atoms with Crippen LogP contribution in [0.3, 0.4) is 0 Å². The Labute approximate surface area is 174 Å². The van der Waals surface area contributed by atoms with Crippen LogP contribution in [0.25, 0.3) is 11.3 Å². The zero-order chi connectivity index (χ0) is 22.1. The number of carbonyl (C=O) groups excluding carboxylic acids is 1. The van der Waals surface area contributed by atoms with Crippen molar-refractivity contribution in [2.24, 2.45) is 0 Å². The van der Waals surface area contributed by atoms with Crippen LogP contribution in [-0.2, 0) is 0 Å². The van der Waals surface area contributed by atoms with Gasteiger partial charge in [-0.05, 0) is 48.5 Å². The minimum atomic E-state index is -1.55. The van der Waals surface area contributed by atoms with Gasteiger partial charge < -0.3 is 33.4 Å². The van der Waals surface area contributed by atoms with E-state index in [2.05, 4.69) is 0 Å². The van der Waals surface area contributed by atoms with Gasteiger partial charge in [-0.2, -0.15) is 0 Å². The number of carbonyl (C=O) groups is 1. The lowest BCUT2D eigenvalue weighted by molar-refractivity contribution is 0.110. The lowest BCUT2D eigenvalue weighted by Crippen LogP contribution is -2.31. The molecule has 3 aromatic rings. The second-order valence-electron chi connectivity index (χ2n) is 5.87. The molecule has 158 valence electrons. The Morgan fingerprint density at radius 2 is 1.40 bits per heavy atom. The largest absolute Gasteiger partial charge is 0.497 e. The molecule has 30 heavy (non-hydrogen) atoms. The Morgan fingerprint density at radius 3 is 1.90 bits per heavy atom. The summed E-state index contributed by atoms with van der Waals surface area (Å²) in [5.74, 6) is 3.20. The summed E-state index contributed by atoms with van der Waals surface area (Å²) in [5.41, 5.74) is 1.04. The highest BCUT2D eigenvalue weighted by Crippen LogP contribution is 2.34. The Hall–Kier alpha value is -3.43.